The normalized spacial score (nSPS) is 13.5. The van der Waals surface area contributed by atoms with Crippen molar-refractivity contribution in [2.24, 2.45) is 11.1 Å². The molecule has 0 aliphatic heterocycles. The molecular formula is C13H28N2OS. The molecule has 102 valence electrons. The first-order chi connectivity index (χ1) is 7.89. The number of amides is 1. The molecule has 0 aromatic carbocycles. The van der Waals surface area contributed by atoms with E-state index >= 15 is 0 Å². The lowest BCUT2D eigenvalue weighted by molar-refractivity contribution is -0.124. The van der Waals surface area contributed by atoms with Crippen LogP contribution in [0.1, 0.15) is 46.5 Å². The number of unbranched alkanes of at least 4 members (excludes halogenated alkanes) is 3. The SMILES string of the molecule is CSCCCCCCNC(=O)[C@H](N)C(C)(C)C. The maximum Gasteiger partial charge on any atom is 0.237 e. The van der Waals surface area contributed by atoms with Gasteiger partial charge in [0.15, 0.2) is 0 Å². The third-order valence-corrected chi connectivity index (χ3v) is 3.49. The summed E-state index contributed by atoms with van der Waals surface area (Å²) in [6.45, 7) is 6.71. The Morgan fingerprint density at radius 3 is 2.35 bits per heavy atom. The first kappa shape index (κ1) is 16.8. The Bertz CT molecular complexity index is 214. The standard InChI is InChI=1S/C13H28N2OS/c1-13(2,3)11(14)12(16)15-9-7-5-6-8-10-17-4/h11H,5-10,14H2,1-4H3,(H,15,16)/t11-/m0/s1. The van der Waals surface area contributed by atoms with E-state index in [1.54, 1.807) is 0 Å². The van der Waals surface area contributed by atoms with Crippen LogP contribution in [0.25, 0.3) is 0 Å². The maximum absolute atomic E-state index is 11.7. The van der Waals surface area contributed by atoms with Crippen molar-refractivity contribution >= 4 is 17.7 Å². The highest BCUT2D eigenvalue weighted by Gasteiger charge is 2.26. The van der Waals surface area contributed by atoms with E-state index in [2.05, 4.69) is 11.6 Å². The van der Waals surface area contributed by atoms with Crippen LogP contribution in [0.5, 0.6) is 0 Å². The summed E-state index contributed by atoms with van der Waals surface area (Å²) >= 11 is 1.89. The van der Waals surface area contributed by atoms with Crippen LogP contribution in [0, 0.1) is 5.41 Å². The van der Waals surface area contributed by atoms with Crippen molar-refractivity contribution in [2.45, 2.75) is 52.5 Å². The number of carbonyl (C=O) groups is 1. The van der Waals surface area contributed by atoms with Crippen molar-refractivity contribution in [1.82, 2.24) is 5.32 Å². The molecule has 0 aliphatic carbocycles. The Balaban J connectivity index is 3.52. The number of rotatable bonds is 8. The van der Waals surface area contributed by atoms with Crippen LogP contribution >= 0.6 is 11.8 Å². The molecule has 0 heterocycles. The second-order valence-electron chi connectivity index (χ2n) is 5.54. The van der Waals surface area contributed by atoms with Crippen molar-refractivity contribution in [3.8, 4) is 0 Å². The van der Waals surface area contributed by atoms with Crippen LogP contribution in [0.4, 0.5) is 0 Å². The van der Waals surface area contributed by atoms with Crippen LogP contribution in [0.15, 0.2) is 0 Å². The highest BCUT2D eigenvalue weighted by atomic mass is 32.2. The summed E-state index contributed by atoms with van der Waals surface area (Å²) in [5, 5.41) is 2.91. The molecule has 0 rings (SSSR count). The molecular weight excluding hydrogens is 232 g/mol. The van der Waals surface area contributed by atoms with E-state index in [-0.39, 0.29) is 11.3 Å². The zero-order valence-corrected chi connectivity index (χ0v) is 12.5. The number of thioether (sulfide) groups is 1. The van der Waals surface area contributed by atoms with Crippen molar-refractivity contribution in [2.75, 3.05) is 18.6 Å². The molecule has 3 N–H and O–H groups in total. The maximum atomic E-state index is 11.7. The molecule has 0 spiro atoms. The quantitative estimate of drug-likeness (QED) is 0.659. The number of nitrogens with one attached hydrogen (secondary N) is 1. The topological polar surface area (TPSA) is 55.1 Å². The van der Waals surface area contributed by atoms with Crippen LogP contribution < -0.4 is 11.1 Å². The van der Waals surface area contributed by atoms with Gasteiger partial charge in [-0.05, 0) is 30.3 Å². The first-order valence-corrected chi connectivity index (χ1v) is 7.81. The highest BCUT2D eigenvalue weighted by molar-refractivity contribution is 7.98. The number of nitrogens with two attached hydrogens (primary N) is 1. The number of hydrogen-bond acceptors (Lipinski definition) is 3. The number of hydrogen-bond donors (Lipinski definition) is 2. The van der Waals surface area contributed by atoms with Gasteiger partial charge in [0.1, 0.15) is 0 Å². The van der Waals surface area contributed by atoms with Crippen molar-refractivity contribution < 1.29 is 4.79 Å². The molecule has 0 saturated carbocycles. The van der Waals surface area contributed by atoms with E-state index in [0.717, 1.165) is 13.0 Å². The van der Waals surface area contributed by atoms with Gasteiger partial charge in [0.25, 0.3) is 0 Å². The fraction of sp³-hybridized carbons (Fsp3) is 0.923. The third kappa shape index (κ3) is 8.50. The summed E-state index contributed by atoms with van der Waals surface area (Å²) in [6, 6.07) is -0.418. The van der Waals surface area contributed by atoms with Crippen LogP contribution in [-0.2, 0) is 4.79 Å². The Morgan fingerprint density at radius 2 is 1.82 bits per heavy atom. The molecule has 1 amide bonds. The van der Waals surface area contributed by atoms with Gasteiger partial charge >= 0.3 is 0 Å². The van der Waals surface area contributed by atoms with E-state index in [1.807, 2.05) is 32.5 Å². The van der Waals surface area contributed by atoms with Gasteiger partial charge in [-0.3, -0.25) is 4.79 Å². The fourth-order valence-corrected chi connectivity index (χ4v) is 1.93. The summed E-state index contributed by atoms with van der Waals surface area (Å²) in [5.41, 5.74) is 5.70. The van der Waals surface area contributed by atoms with Crippen molar-refractivity contribution in [1.29, 1.82) is 0 Å². The fourth-order valence-electron chi connectivity index (χ4n) is 1.44. The van der Waals surface area contributed by atoms with Gasteiger partial charge < -0.3 is 11.1 Å². The molecule has 3 nitrogen and oxygen atoms in total. The van der Waals surface area contributed by atoms with Gasteiger partial charge in [-0.25, -0.2) is 0 Å². The molecule has 0 unspecified atom stereocenters. The Kier molecular flexibility index (Phi) is 8.70. The lowest BCUT2D eigenvalue weighted by atomic mass is 9.87. The predicted molar refractivity (Wildman–Crippen MR) is 77.3 cm³/mol. The predicted octanol–water partition coefficient (Wildman–Crippen LogP) is 2.40. The van der Waals surface area contributed by atoms with Gasteiger partial charge in [-0.2, -0.15) is 11.8 Å². The zero-order valence-electron chi connectivity index (χ0n) is 11.7. The molecule has 4 heteroatoms. The Morgan fingerprint density at radius 1 is 1.24 bits per heavy atom. The van der Waals surface area contributed by atoms with Gasteiger partial charge in [0.05, 0.1) is 6.04 Å². The minimum atomic E-state index is -0.418. The summed E-state index contributed by atoms with van der Waals surface area (Å²) in [5.74, 6) is 1.21. The lowest BCUT2D eigenvalue weighted by Crippen LogP contribution is -2.48. The van der Waals surface area contributed by atoms with Crippen molar-refractivity contribution in [3.05, 3.63) is 0 Å². The van der Waals surface area contributed by atoms with Crippen LogP contribution in [0.3, 0.4) is 0 Å². The summed E-state index contributed by atoms with van der Waals surface area (Å²) in [6.07, 6.45) is 6.90. The molecule has 0 fully saturated rings. The lowest BCUT2D eigenvalue weighted by Gasteiger charge is -2.25. The average Bonchev–Trinajstić information content (AvgIpc) is 2.25. The zero-order chi connectivity index (χ0) is 13.3. The smallest absolute Gasteiger partial charge is 0.237 e. The first-order valence-electron chi connectivity index (χ1n) is 6.42. The van der Waals surface area contributed by atoms with Crippen LogP contribution in [0.2, 0.25) is 0 Å². The van der Waals surface area contributed by atoms with E-state index in [0.29, 0.717) is 0 Å². The largest absolute Gasteiger partial charge is 0.355 e. The van der Waals surface area contributed by atoms with E-state index < -0.39 is 6.04 Å². The van der Waals surface area contributed by atoms with Crippen LogP contribution in [-0.4, -0.2) is 30.5 Å². The molecule has 17 heavy (non-hydrogen) atoms. The highest BCUT2D eigenvalue weighted by Crippen LogP contribution is 2.17. The monoisotopic (exact) mass is 260 g/mol. The van der Waals surface area contributed by atoms with E-state index in [4.69, 9.17) is 5.73 Å². The summed E-state index contributed by atoms with van der Waals surface area (Å²) in [7, 11) is 0. The molecule has 0 aliphatic rings. The molecule has 0 bridgehead atoms. The molecule has 0 aromatic rings. The Hall–Kier alpha value is -0.220. The van der Waals surface area contributed by atoms with E-state index in [9.17, 15) is 4.79 Å². The molecule has 0 radical (unpaired) electrons. The molecule has 0 saturated heterocycles. The minimum absolute atomic E-state index is 0.0263. The average molecular weight is 260 g/mol. The van der Waals surface area contributed by atoms with Crippen molar-refractivity contribution in [3.63, 3.8) is 0 Å². The van der Waals surface area contributed by atoms with Gasteiger partial charge in [-0.15, -0.1) is 0 Å². The molecule has 1 atom stereocenters. The number of carbonyl (C=O) groups excluding carboxylic acids is 1. The second kappa shape index (κ2) is 8.81. The Labute approximate surface area is 110 Å². The summed E-state index contributed by atoms with van der Waals surface area (Å²) < 4.78 is 0. The molecule has 0 aromatic heterocycles. The minimum Gasteiger partial charge on any atom is -0.355 e. The van der Waals surface area contributed by atoms with Gasteiger partial charge in [0.2, 0.25) is 5.91 Å². The van der Waals surface area contributed by atoms with Gasteiger partial charge in [0, 0.05) is 6.54 Å². The summed E-state index contributed by atoms with van der Waals surface area (Å²) in [4.78, 5) is 11.7. The van der Waals surface area contributed by atoms with E-state index in [1.165, 1.54) is 25.0 Å². The second-order valence-corrected chi connectivity index (χ2v) is 6.53. The van der Waals surface area contributed by atoms with Gasteiger partial charge in [-0.1, -0.05) is 33.6 Å². The third-order valence-electron chi connectivity index (χ3n) is 2.79.